The third kappa shape index (κ3) is 4.19. The number of hydrogen-bond acceptors (Lipinski definition) is 3. The Balaban J connectivity index is 2.75. The predicted molar refractivity (Wildman–Crippen MR) is 67.3 cm³/mol. The van der Waals surface area contributed by atoms with Gasteiger partial charge in [0.2, 0.25) is 0 Å². The minimum atomic E-state index is -0.250. The summed E-state index contributed by atoms with van der Waals surface area (Å²) in [7, 11) is 1.70. The van der Waals surface area contributed by atoms with Gasteiger partial charge in [-0.15, -0.1) is 0 Å². The maximum absolute atomic E-state index is 11.6. The van der Waals surface area contributed by atoms with Gasteiger partial charge in [-0.2, -0.15) is 0 Å². The highest BCUT2D eigenvalue weighted by molar-refractivity contribution is 5.89. The summed E-state index contributed by atoms with van der Waals surface area (Å²) in [6, 6.07) is 5.70. The molecule has 0 saturated carbocycles. The van der Waals surface area contributed by atoms with E-state index in [4.69, 9.17) is 9.47 Å². The number of benzene rings is 1. The molecular weight excluding hydrogens is 216 g/mol. The number of rotatable bonds is 6. The van der Waals surface area contributed by atoms with Crippen LogP contribution in [0.5, 0.6) is 0 Å². The van der Waals surface area contributed by atoms with Crippen LogP contribution < -0.4 is 0 Å². The van der Waals surface area contributed by atoms with Crippen molar-refractivity contribution in [2.75, 3.05) is 20.3 Å². The molecule has 0 aromatic heterocycles. The van der Waals surface area contributed by atoms with Gasteiger partial charge in [-0.1, -0.05) is 6.07 Å². The highest BCUT2D eigenvalue weighted by Gasteiger charge is 2.08. The van der Waals surface area contributed by atoms with Crippen molar-refractivity contribution < 1.29 is 14.3 Å². The molecule has 0 unspecified atom stereocenters. The molecule has 0 aliphatic rings. The largest absolute Gasteiger partial charge is 0.462 e. The number of methoxy groups -OCH3 is 1. The molecule has 0 atom stereocenters. The van der Waals surface area contributed by atoms with Gasteiger partial charge in [-0.25, -0.2) is 4.79 Å². The van der Waals surface area contributed by atoms with Gasteiger partial charge in [0.25, 0.3) is 0 Å². The van der Waals surface area contributed by atoms with Crippen molar-refractivity contribution in [3.63, 3.8) is 0 Å². The van der Waals surface area contributed by atoms with E-state index in [9.17, 15) is 4.79 Å². The Morgan fingerprint density at radius 2 is 2.12 bits per heavy atom. The van der Waals surface area contributed by atoms with Crippen LogP contribution >= 0.6 is 0 Å². The number of carbonyl (C=O) groups excluding carboxylic acids is 1. The number of esters is 1. The highest BCUT2D eigenvalue weighted by Crippen LogP contribution is 2.14. The Morgan fingerprint density at radius 1 is 1.35 bits per heavy atom. The average Bonchev–Trinajstić information content (AvgIpc) is 2.32. The van der Waals surface area contributed by atoms with E-state index >= 15 is 0 Å². The smallest absolute Gasteiger partial charge is 0.338 e. The lowest BCUT2D eigenvalue weighted by Crippen LogP contribution is -2.06. The van der Waals surface area contributed by atoms with Crippen LogP contribution in [0.15, 0.2) is 18.2 Å². The van der Waals surface area contributed by atoms with Crippen LogP contribution in [0.25, 0.3) is 0 Å². The molecular formula is C14H20O3. The molecule has 0 radical (unpaired) electrons. The second-order valence-corrected chi connectivity index (χ2v) is 3.96. The second kappa shape index (κ2) is 7.07. The molecule has 0 N–H and O–H groups in total. The van der Waals surface area contributed by atoms with E-state index in [0.29, 0.717) is 12.2 Å². The lowest BCUT2D eigenvalue weighted by atomic mass is 10.0. The van der Waals surface area contributed by atoms with Gasteiger partial charge in [-0.3, -0.25) is 0 Å². The van der Waals surface area contributed by atoms with Gasteiger partial charge in [0.15, 0.2) is 0 Å². The van der Waals surface area contributed by atoms with Crippen molar-refractivity contribution in [3.05, 3.63) is 34.9 Å². The summed E-state index contributed by atoms with van der Waals surface area (Å²) in [6.45, 7) is 5.01. The normalized spacial score (nSPS) is 10.3. The fourth-order valence-electron chi connectivity index (χ4n) is 1.69. The lowest BCUT2D eigenvalue weighted by Gasteiger charge is -2.08. The van der Waals surface area contributed by atoms with Crippen LogP contribution in [-0.2, 0) is 15.9 Å². The average molecular weight is 236 g/mol. The minimum Gasteiger partial charge on any atom is -0.462 e. The fraction of sp³-hybridized carbons (Fsp3) is 0.500. The Hall–Kier alpha value is -1.35. The van der Waals surface area contributed by atoms with Gasteiger partial charge in [0, 0.05) is 13.7 Å². The number of hydrogen-bond donors (Lipinski definition) is 0. The van der Waals surface area contributed by atoms with Gasteiger partial charge in [0.05, 0.1) is 12.2 Å². The van der Waals surface area contributed by atoms with Gasteiger partial charge < -0.3 is 9.47 Å². The highest BCUT2D eigenvalue weighted by atomic mass is 16.5. The number of carbonyl (C=O) groups is 1. The first-order chi connectivity index (χ1) is 8.19. The first-order valence-electron chi connectivity index (χ1n) is 5.94. The zero-order valence-corrected chi connectivity index (χ0v) is 10.8. The molecule has 1 aromatic rings. The van der Waals surface area contributed by atoms with E-state index < -0.39 is 0 Å². The van der Waals surface area contributed by atoms with Crippen LogP contribution in [0.1, 0.15) is 34.8 Å². The summed E-state index contributed by atoms with van der Waals surface area (Å²) < 4.78 is 10.0. The molecule has 0 aliphatic carbocycles. The maximum Gasteiger partial charge on any atom is 0.338 e. The summed E-state index contributed by atoms with van der Waals surface area (Å²) in [5.74, 6) is -0.250. The second-order valence-electron chi connectivity index (χ2n) is 3.96. The van der Waals surface area contributed by atoms with Gasteiger partial charge >= 0.3 is 5.97 Å². The first-order valence-corrected chi connectivity index (χ1v) is 5.94. The summed E-state index contributed by atoms with van der Waals surface area (Å²) in [5.41, 5.74) is 3.02. The molecule has 0 amide bonds. The van der Waals surface area contributed by atoms with E-state index in [1.165, 1.54) is 11.1 Å². The van der Waals surface area contributed by atoms with Crippen molar-refractivity contribution in [1.29, 1.82) is 0 Å². The lowest BCUT2D eigenvalue weighted by molar-refractivity contribution is 0.0526. The fourth-order valence-corrected chi connectivity index (χ4v) is 1.69. The molecule has 0 aliphatic heterocycles. The van der Waals surface area contributed by atoms with E-state index in [2.05, 4.69) is 6.92 Å². The van der Waals surface area contributed by atoms with Crippen molar-refractivity contribution >= 4 is 5.97 Å². The Labute approximate surface area is 103 Å². The van der Waals surface area contributed by atoms with E-state index in [0.717, 1.165) is 19.4 Å². The monoisotopic (exact) mass is 236 g/mol. The van der Waals surface area contributed by atoms with E-state index in [1.807, 2.05) is 25.1 Å². The van der Waals surface area contributed by atoms with Crippen LogP contribution in [0.3, 0.4) is 0 Å². The molecule has 1 rings (SSSR count). The number of aryl methyl sites for hydroxylation is 2. The molecule has 3 nitrogen and oxygen atoms in total. The Bertz CT molecular complexity index is 372. The zero-order chi connectivity index (χ0) is 12.7. The van der Waals surface area contributed by atoms with Gasteiger partial charge in [0.1, 0.15) is 0 Å². The maximum atomic E-state index is 11.6. The standard InChI is InChI=1S/C14H20O3/c1-4-17-14(15)13-8-7-11(2)12(10-13)6-5-9-16-3/h7-8,10H,4-6,9H2,1-3H3. The SMILES string of the molecule is CCOC(=O)c1ccc(C)c(CCCOC)c1. The van der Waals surface area contributed by atoms with Crippen LogP contribution in [0.4, 0.5) is 0 Å². The molecule has 1 aromatic carbocycles. The zero-order valence-electron chi connectivity index (χ0n) is 10.8. The molecule has 3 heteroatoms. The molecule has 0 fully saturated rings. The summed E-state index contributed by atoms with van der Waals surface area (Å²) in [6.07, 6.45) is 1.89. The minimum absolute atomic E-state index is 0.250. The predicted octanol–water partition coefficient (Wildman–Crippen LogP) is 2.75. The Morgan fingerprint density at radius 3 is 2.76 bits per heavy atom. The molecule has 94 valence electrons. The van der Waals surface area contributed by atoms with Crippen molar-refractivity contribution in [2.45, 2.75) is 26.7 Å². The van der Waals surface area contributed by atoms with Gasteiger partial charge in [-0.05, 0) is 49.9 Å². The molecule has 0 heterocycles. The summed E-state index contributed by atoms with van der Waals surface area (Å²) in [5, 5.41) is 0. The van der Waals surface area contributed by atoms with Crippen LogP contribution in [-0.4, -0.2) is 26.3 Å². The quantitative estimate of drug-likeness (QED) is 0.563. The summed E-state index contributed by atoms with van der Waals surface area (Å²) >= 11 is 0. The summed E-state index contributed by atoms with van der Waals surface area (Å²) in [4.78, 5) is 11.6. The van der Waals surface area contributed by atoms with Crippen molar-refractivity contribution in [1.82, 2.24) is 0 Å². The Kier molecular flexibility index (Phi) is 5.70. The van der Waals surface area contributed by atoms with E-state index in [1.54, 1.807) is 7.11 Å². The molecule has 0 spiro atoms. The molecule has 17 heavy (non-hydrogen) atoms. The third-order valence-electron chi connectivity index (χ3n) is 2.65. The first kappa shape index (κ1) is 13.7. The van der Waals surface area contributed by atoms with Crippen LogP contribution in [0.2, 0.25) is 0 Å². The third-order valence-corrected chi connectivity index (χ3v) is 2.65. The van der Waals surface area contributed by atoms with Crippen molar-refractivity contribution in [3.8, 4) is 0 Å². The van der Waals surface area contributed by atoms with Crippen molar-refractivity contribution in [2.24, 2.45) is 0 Å². The molecule has 0 saturated heterocycles. The molecule has 0 bridgehead atoms. The van der Waals surface area contributed by atoms with Crippen LogP contribution in [0, 0.1) is 6.92 Å². The number of ether oxygens (including phenoxy) is 2. The van der Waals surface area contributed by atoms with E-state index in [-0.39, 0.29) is 5.97 Å². The topological polar surface area (TPSA) is 35.5 Å².